The first kappa shape index (κ1) is 14.4. The molecule has 3 nitrogen and oxygen atoms in total. The third-order valence-electron chi connectivity index (χ3n) is 2.45. The van der Waals surface area contributed by atoms with E-state index in [9.17, 15) is 9.18 Å². The van der Waals surface area contributed by atoms with Crippen molar-refractivity contribution in [3.05, 3.63) is 47.8 Å². The lowest BCUT2D eigenvalue weighted by Crippen LogP contribution is -2.18. The molecule has 0 bridgehead atoms. The molecule has 0 aliphatic rings. The lowest BCUT2D eigenvalue weighted by atomic mass is 10.1. The summed E-state index contributed by atoms with van der Waals surface area (Å²) in [6.45, 7) is 4.67. The van der Waals surface area contributed by atoms with E-state index in [0.29, 0.717) is 13.2 Å². The number of carbonyl (C=O) groups excluding carboxylic acids is 1. The van der Waals surface area contributed by atoms with E-state index in [2.05, 4.69) is 5.32 Å². The van der Waals surface area contributed by atoms with Gasteiger partial charge in [0.1, 0.15) is 5.82 Å². The molecule has 0 heterocycles. The number of hydrogen-bond donors (Lipinski definition) is 1. The summed E-state index contributed by atoms with van der Waals surface area (Å²) in [6.07, 6.45) is 3.10. The average Bonchev–Trinajstić information content (AvgIpc) is 2.35. The highest BCUT2D eigenvalue weighted by atomic mass is 19.1. The largest absolute Gasteiger partial charge is 0.463 e. The maximum absolute atomic E-state index is 12.7. The maximum Gasteiger partial charge on any atom is 0.330 e. The van der Waals surface area contributed by atoms with E-state index < -0.39 is 0 Å². The Labute approximate surface area is 107 Å². The summed E-state index contributed by atoms with van der Waals surface area (Å²) >= 11 is 0. The summed E-state index contributed by atoms with van der Waals surface area (Å²) in [7, 11) is 0. The van der Waals surface area contributed by atoms with Crippen molar-refractivity contribution in [1.29, 1.82) is 0 Å². The fourth-order valence-corrected chi connectivity index (χ4v) is 1.46. The summed E-state index contributed by atoms with van der Waals surface area (Å²) in [4.78, 5) is 11.0. The molecular weight excluding hydrogens is 233 g/mol. The highest BCUT2D eigenvalue weighted by Gasteiger charge is 2.03. The number of esters is 1. The standard InChI is InChI=1S/C14H18FNO2/c1-3-18-14(17)5-4-10-16-11(2)12-6-8-13(15)9-7-12/h4-9,11,16H,3,10H2,1-2H3/b5-4+. The van der Waals surface area contributed by atoms with Crippen molar-refractivity contribution in [1.82, 2.24) is 5.32 Å². The first-order valence-electron chi connectivity index (χ1n) is 5.95. The van der Waals surface area contributed by atoms with E-state index in [1.807, 2.05) is 6.92 Å². The molecule has 0 aromatic heterocycles. The van der Waals surface area contributed by atoms with Gasteiger partial charge in [0, 0.05) is 18.7 Å². The molecule has 0 aliphatic carbocycles. The van der Waals surface area contributed by atoms with Gasteiger partial charge in [0.2, 0.25) is 0 Å². The van der Waals surface area contributed by atoms with E-state index in [-0.39, 0.29) is 17.8 Å². The number of halogens is 1. The van der Waals surface area contributed by atoms with Crippen molar-refractivity contribution in [2.75, 3.05) is 13.2 Å². The lowest BCUT2D eigenvalue weighted by molar-refractivity contribution is -0.137. The smallest absolute Gasteiger partial charge is 0.330 e. The quantitative estimate of drug-likeness (QED) is 0.624. The topological polar surface area (TPSA) is 38.3 Å². The van der Waals surface area contributed by atoms with Crippen LogP contribution in [0.3, 0.4) is 0 Å². The van der Waals surface area contributed by atoms with Crippen LogP contribution in [0.2, 0.25) is 0 Å². The Balaban J connectivity index is 2.35. The molecule has 1 aromatic carbocycles. The number of ether oxygens (including phenoxy) is 1. The first-order chi connectivity index (χ1) is 8.63. The molecule has 0 spiro atoms. The summed E-state index contributed by atoms with van der Waals surface area (Å²) in [5.74, 6) is -0.582. The zero-order valence-corrected chi connectivity index (χ0v) is 10.7. The number of nitrogens with one attached hydrogen (secondary N) is 1. The minimum Gasteiger partial charge on any atom is -0.463 e. The maximum atomic E-state index is 12.7. The summed E-state index contributed by atoms with van der Waals surface area (Å²) < 4.78 is 17.5. The summed E-state index contributed by atoms with van der Waals surface area (Å²) in [6, 6.07) is 6.44. The van der Waals surface area contributed by atoms with Crippen LogP contribution >= 0.6 is 0 Å². The van der Waals surface area contributed by atoms with Gasteiger partial charge in [0.05, 0.1) is 6.61 Å². The molecule has 0 saturated carbocycles. The highest BCUT2D eigenvalue weighted by Crippen LogP contribution is 2.12. The first-order valence-corrected chi connectivity index (χ1v) is 5.95. The van der Waals surface area contributed by atoms with Crippen LogP contribution in [0.1, 0.15) is 25.5 Å². The van der Waals surface area contributed by atoms with Crippen LogP contribution in [0, 0.1) is 5.82 Å². The van der Waals surface area contributed by atoms with Gasteiger partial charge in [-0.2, -0.15) is 0 Å². The van der Waals surface area contributed by atoms with Crippen LogP contribution in [-0.2, 0) is 9.53 Å². The van der Waals surface area contributed by atoms with Crippen LogP contribution in [-0.4, -0.2) is 19.1 Å². The van der Waals surface area contributed by atoms with Crippen molar-refractivity contribution in [2.45, 2.75) is 19.9 Å². The molecule has 0 aliphatic heterocycles. The monoisotopic (exact) mass is 251 g/mol. The molecule has 1 unspecified atom stereocenters. The number of carbonyl (C=O) groups is 1. The Kier molecular flexibility index (Phi) is 6.08. The highest BCUT2D eigenvalue weighted by molar-refractivity contribution is 5.81. The van der Waals surface area contributed by atoms with Crippen LogP contribution in [0.25, 0.3) is 0 Å². The summed E-state index contributed by atoms with van der Waals surface area (Å²) in [5, 5.41) is 3.20. The van der Waals surface area contributed by atoms with Crippen LogP contribution in [0.5, 0.6) is 0 Å². The van der Waals surface area contributed by atoms with Crippen LogP contribution in [0.15, 0.2) is 36.4 Å². The SMILES string of the molecule is CCOC(=O)/C=C/CNC(C)c1ccc(F)cc1. The Morgan fingerprint density at radius 2 is 2.11 bits per heavy atom. The van der Waals surface area contributed by atoms with Crippen molar-refractivity contribution >= 4 is 5.97 Å². The molecule has 98 valence electrons. The van der Waals surface area contributed by atoms with Crippen molar-refractivity contribution in [3.8, 4) is 0 Å². The Morgan fingerprint density at radius 1 is 1.44 bits per heavy atom. The second-order valence-electron chi connectivity index (χ2n) is 3.84. The van der Waals surface area contributed by atoms with Gasteiger partial charge >= 0.3 is 5.97 Å². The van der Waals surface area contributed by atoms with Gasteiger partial charge in [-0.25, -0.2) is 9.18 Å². The Morgan fingerprint density at radius 3 is 2.72 bits per heavy atom. The van der Waals surface area contributed by atoms with Gasteiger partial charge in [-0.15, -0.1) is 0 Å². The van der Waals surface area contributed by atoms with Crippen molar-refractivity contribution in [2.24, 2.45) is 0 Å². The fraction of sp³-hybridized carbons (Fsp3) is 0.357. The van der Waals surface area contributed by atoms with E-state index >= 15 is 0 Å². The van der Waals surface area contributed by atoms with Gasteiger partial charge in [-0.1, -0.05) is 18.2 Å². The van der Waals surface area contributed by atoms with Crippen molar-refractivity contribution < 1.29 is 13.9 Å². The zero-order valence-electron chi connectivity index (χ0n) is 10.7. The molecule has 1 aromatic rings. The zero-order chi connectivity index (χ0) is 13.4. The Bertz CT molecular complexity index is 401. The molecule has 4 heteroatoms. The van der Waals surface area contributed by atoms with Gasteiger partial charge < -0.3 is 10.1 Å². The van der Waals surface area contributed by atoms with Gasteiger partial charge in [0.25, 0.3) is 0 Å². The van der Waals surface area contributed by atoms with Crippen molar-refractivity contribution in [3.63, 3.8) is 0 Å². The number of benzene rings is 1. The van der Waals surface area contributed by atoms with E-state index in [0.717, 1.165) is 5.56 Å². The third-order valence-corrected chi connectivity index (χ3v) is 2.45. The third kappa shape index (κ3) is 5.10. The number of rotatable bonds is 6. The van der Waals surface area contributed by atoms with Gasteiger partial charge in [0.15, 0.2) is 0 Å². The predicted octanol–water partition coefficient (Wildman–Crippen LogP) is 2.60. The van der Waals surface area contributed by atoms with Gasteiger partial charge in [-0.3, -0.25) is 0 Å². The molecule has 1 rings (SSSR count). The van der Waals surface area contributed by atoms with Crippen LogP contribution < -0.4 is 5.32 Å². The van der Waals surface area contributed by atoms with E-state index in [1.165, 1.54) is 18.2 Å². The predicted molar refractivity (Wildman–Crippen MR) is 68.6 cm³/mol. The molecule has 18 heavy (non-hydrogen) atoms. The second kappa shape index (κ2) is 7.61. The minimum atomic E-state index is -0.339. The minimum absolute atomic E-state index is 0.0949. The number of hydrogen-bond acceptors (Lipinski definition) is 3. The molecule has 1 N–H and O–H groups in total. The molecule has 0 fully saturated rings. The molecule has 0 amide bonds. The molecule has 1 atom stereocenters. The van der Waals surface area contributed by atoms with E-state index in [4.69, 9.17) is 4.74 Å². The normalized spacial score (nSPS) is 12.6. The second-order valence-corrected chi connectivity index (χ2v) is 3.84. The Hall–Kier alpha value is -1.68. The van der Waals surface area contributed by atoms with Crippen LogP contribution in [0.4, 0.5) is 4.39 Å². The average molecular weight is 251 g/mol. The molecular formula is C14H18FNO2. The van der Waals surface area contributed by atoms with E-state index in [1.54, 1.807) is 25.1 Å². The van der Waals surface area contributed by atoms with Gasteiger partial charge in [-0.05, 0) is 31.5 Å². The summed E-state index contributed by atoms with van der Waals surface area (Å²) in [5.41, 5.74) is 1.00. The molecule has 0 radical (unpaired) electrons. The lowest BCUT2D eigenvalue weighted by Gasteiger charge is -2.12. The fourth-order valence-electron chi connectivity index (χ4n) is 1.46. The molecule has 0 saturated heterocycles.